The zero-order chi connectivity index (χ0) is 38.6. The van der Waals surface area contributed by atoms with E-state index in [9.17, 15) is 0 Å². The Balaban J connectivity index is 1.37. The molecular weight excluding hydrogens is 637 g/mol. The van der Waals surface area contributed by atoms with Gasteiger partial charge >= 0.3 is 0 Å². The van der Waals surface area contributed by atoms with Gasteiger partial charge < -0.3 is 0 Å². The molecule has 7 rings (SSSR count). The maximum Gasteiger partial charge on any atom is 0.00639 e. The van der Waals surface area contributed by atoms with E-state index in [-0.39, 0.29) is 21.7 Å². The quantitative estimate of drug-likeness (QED) is 0.199. The Kier molecular flexibility index (Phi) is 9.04. The van der Waals surface area contributed by atoms with Crippen LogP contribution in [0.5, 0.6) is 0 Å². The normalized spacial score (nSPS) is 18.5. The molecule has 0 radical (unpaired) electrons. The summed E-state index contributed by atoms with van der Waals surface area (Å²) in [7, 11) is 0. The lowest BCUT2D eigenvalue weighted by Gasteiger charge is -2.30. The number of rotatable bonds is 4. The molecule has 4 aromatic carbocycles. The summed E-state index contributed by atoms with van der Waals surface area (Å²) < 4.78 is 0. The fourth-order valence-corrected chi connectivity index (χ4v) is 9.76. The second kappa shape index (κ2) is 12.7. The number of hydrogen-bond acceptors (Lipinski definition) is 0. The molecule has 0 bridgehead atoms. The highest BCUT2D eigenvalue weighted by atomic mass is 14.4. The minimum Gasteiger partial charge on any atom is -0.0651 e. The molecule has 2 atom stereocenters. The molecule has 0 fully saturated rings. The molecule has 0 heterocycles. The summed E-state index contributed by atoms with van der Waals surface area (Å²) in [6.07, 6.45) is 9.91. The van der Waals surface area contributed by atoms with Crippen LogP contribution in [0.2, 0.25) is 0 Å². The van der Waals surface area contributed by atoms with Gasteiger partial charge in [-0.25, -0.2) is 0 Å². The van der Waals surface area contributed by atoms with Crippen LogP contribution in [-0.2, 0) is 34.5 Å². The van der Waals surface area contributed by atoms with E-state index in [4.69, 9.17) is 0 Å². The number of allylic oxidation sites excluding steroid dienone is 2. The monoisotopic (exact) mass is 703 g/mol. The number of hydrogen-bond donors (Lipinski definition) is 0. The van der Waals surface area contributed by atoms with Crippen LogP contribution in [0, 0.1) is 6.92 Å². The van der Waals surface area contributed by atoms with Crippen LogP contribution in [-0.4, -0.2) is 0 Å². The molecule has 0 spiro atoms. The van der Waals surface area contributed by atoms with Crippen molar-refractivity contribution in [2.45, 2.75) is 163 Å². The summed E-state index contributed by atoms with van der Waals surface area (Å²) in [5.74, 6) is 0.808. The van der Waals surface area contributed by atoms with Gasteiger partial charge in [0.05, 0.1) is 0 Å². The largest absolute Gasteiger partial charge is 0.0651 e. The second-order valence-electron chi connectivity index (χ2n) is 21.2. The van der Waals surface area contributed by atoms with E-state index in [1.54, 1.807) is 16.7 Å². The van der Waals surface area contributed by atoms with Crippen molar-refractivity contribution < 1.29 is 0 Å². The summed E-state index contributed by atoms with van der Waals surface area (Å²) in [5.41, 5.74) is 25.5. The average molecular weight is 703 g/mol. The summed E-state index contributed by atoms with van der Waals surface area (Å²) in [6, 6.07) is 22.3. The molecule has 53 heavy (non-hydrogen) atoms. The zero-order valence-corrected chi connectivity index (χ0v) is 35.8. The van der Waals surface area contributed by atoms with E-state index in [1.165, 1.54) is 97.2 Å². The highest BCUT2D eigenvalue weighted by Crippen LogP contribution is 2.54. The van der Waals surface area contributed by atoms with Crippen LogP contribution in [0.25, 0.3) is 34.4 Å². The fraction of sp³-hybridized carbons (Fsp3) is 0.472. The fourth-order valence-electron chi connectivity index (χ4n) is 9.76. The zero-order valence-electron chi connectivity index (χ0n) is 35.8. The first-order chi connectivity index (χ1) is 24.5. The number of benzene rings is 4. The lowest BCUT2D eigenvalue weighted by atomic mass is 9.74. The standard InChI is InChI=1S/C53H66/c1-31-23-45-44(30-47(53(13,14)15)33(3)48(45)36-25-38(51(7,8)9)28-39(26-36)52(10,11)12)42(31)29-41-32(2)24-46-43(41)27-35-17-16-18-40(35)49(46)34-19-21-37(22-20-34)50(4,5)6/h19-28,30,41-42H,16-18,29H2,1-15H3. The Morgan fingerprint density at radius 3 is 1.53 bits per heavy atom. The van der Waals surface area contributed by atoms with Gasteiger partial charge in [-0.05, 0) is 152 Å². The van der Waals surface area contributed by atoms with Crippen molar-refractivity contribution in [3.8, 4) is 22.3 Å². The second-order valence-corrected chi connectivity index (χ2v) is 21.2. The van der Waals surface area contributed by atoms with E-state index in [0.717, 1.165) is 6.42 Å². The van der Waals surface area contributed by atoms with Crippen LogP contribution >= 0.6 is 0 Å². The van der Waals surface area contributed by atoms with Crippen molar-refractivity contribution in [2.75, 3.05) is 0 Å². The van der Waals surface area contributed by atoms with Crippen molar-refractivity contribution in [1.29, 1.82) is 0 Å². The number of fused-ring (bicyclic) bond motifs is 3. The molecule has 3 aliphatic rings. The maximum absolute atomic E-state index is 2.63. The molecule has 0 N–H and O–H groups in total. The summed E-state index contributed by atoms with van der Waals surface area (Å²) in [6.45, 7) is 35.5. The first kappa shape index (κ1) is 37.7. The third kappa shape index (κ3) is 6.72. The predicted octanol–water partition coefficient (Wildman–Crippen LogP) is 15.1. The van der Waals surface area contributed by atoms with Crippen LogP contribution < -0.4 is 0 Å². The van der Waals surface area contributed by atoms with Crippen LogP contribution in [0.1, 0.15) is 183 Å². The molecule has 0 nitrogen and oxygen atoms in total. The SMILES string of the molecule is CC1=Cc2c(cc(C(C)(C)C)c(C)c2-c2cc(C(C)(C)C)cc(C(C)(C)C)c2)C1CC1C(C)=Cc2c1cc1c(c2-c2ccc(C(C)(C)C)cc2)CCC1. The molecule has 2 unspecified atom stereocenters. The molecule has 278 valence electrons. The van der Waals surface area contributed by atoms with E-state index in [1.807, 2.05) is 0 Å². The van der Waals surface area contributed by atoms with Crippen molar-refractivity contribution in [2.24, 2.45) is 0 Å². The van der Waals surface area contributed by atoms with Crippen molar-refractivity contribution in [3.63, 3.8) is 0 Å². The topological polar surface area (TPSA) is 0 Å². The van der Waals surface area contributed by atoms with E-state index < -0.39 is 0 Å². The van der Waals surface area contributed by atoms with Gasteiger partial charge in [-0.2, -0.15) is 0 Å². The van der Waals surface area contributed by atoms with Gasteiger partial charge in [0.2, 0.25) is 0 Å². The minimum absolute atomic E-state index is 0.0389. The van der Waals surface area contributed by atoms with Gasteiger partial charge in [0.15, 0.2) is 0 Å². The molecule has 0 aromatic heterocycles. The average Bonchev–Trinajstić information content (AvgIpc) is 3.72. The smallest absolute Gasteiger partial charge is 0.00639 e. The highest BCUT2D eigenvalue weighted by molar-refractivity contribution is 5.88. The Morgan fingerprint density at radius 2 is 1.02 bits per heavy atom. The first-order valence-electron chi connectivity index (χ1n) is 20.5. The summed E-state index contributed by atoms with van der Waals surface area (Å²) >= 11 is 0. The van der Waals surface area contributed by atoms with Gasteiger partial charge in [0, 0.05) is 11.8 Å². The summed E-state index contributed by atoms with van der Waals surface area (Å²) in [5, 5.41) is 0. The van der Waals surface area contributed by atoms with Crippen molar-refractivity contribution in [3.05, 3.63) is 127 Å². The minimum atomic E-state index is 0.0389. The molecule has 0 heteroatoms. The van der Waals surface area contributed by atoms with E-state index in [2.05, 4.69) is 171 Å². The van der Waals surface area contributed by atoms with E-state index >= 15 is 0 Å². The molecular formula is C53H66. The van der Waals surface area contributed by atoms with Crippen molar-refractivity contribution >= 4 is 12.2 Å². The molecule has 0 saturated heterocycles. The summed E-state index contributed by atoms with van der Waals surface area (Å²) in [4.78, 5) is 0. The van der Waals surface area contributed by atoms with Gasteiger partial charge in [0.25, 0.3) is 0 Å². The Bertz CT molecular complexity index is 2130. The Hall–Kier alpha value is -3.64. The molecule has 0 aliphatic heterocycles. The van der Waals surface area contributed by atoms with Crippen LogP contribution in [0.3, 0.4) is 0 Å². The van der Waals surface area contributed by atoms with Crippen molar-refractivity contribution in [1.82, 2.24) is 0 Å². The maximum atomic E-state index is 2.63. The van der Waals surface area contributed by atoms with Gasteiger partial charge in [0.1, 0.15) is 0 Å². The van der Waals surface area contributed by atoms with E-state index in [0.29, 0.717) is 11.8 Å². The number of aryl methyl sites for hydroxylation is 1. The van der Waals surface area contributed by atoms with Gasteiger partial charge in [-0.15, -0.1) is 0 Å². The third-order valence-corrected chi connectivity index (χ3v) is 13.0. The lowest BCUT2D eigenvalue weighted by molar-refractivity contribution is 0.568. The van der Waals surface area contributed by atoms with Crippen LogP contribution in [0.15, 0.2) is 65.7 Å². The Morgan fingerprint density at radius 1 is 0.509 bits per heavy atom. The third-order valence-electron chi connectivity index (χ3n) is 13.0. The lowest BCUT2D eigenvalue weighted by Crippen LogP contribution is -2.18. The molecule has 3 aliphatic carbocycles. The van der Waals surface area contributed by atoms with Gasteiger partial charge in [-0.3, -0.25) is 0 Å². The van der Waals surface area contributed by atoms with Crippen LogP contribution in [0.4, 0.5) is 0 Å². The highest BCUT2D eigenvalue weighted by Gasteiger charge is 2.36. The molecule has 0 amide bonds. The predicted molar refractivity (Wildman–Crippen MR) is 233 cm³/mol. The van der Waals surface area contributed by atoms with Gasteiger partial charge in [-0.1, -0.05) is 161 Å². The molecule has 4 aromatic rings. The Labute approximate surface area is 323 Å². The first-order valence-corrected chi connectivity index (χ1v) is 20.5. The molecule has 0 saturated carbocycles.